The second-order valence-corrected chi connectivity index (χ2v) is 18.9. The van der Waals surface area contributed by atoms with Crippen molar-refractivity contribution >= 4 is 22.6 Å². The first kappa shape index (κ1) is 41.0. The van der Waals surface area contributed by atoms with E-state index in [4.69, 9.17) is 0 Å². The number of benzene rings is 9. The summed E-state index contributed by atoms with van der Waals surface area (Å²) in [5, 5.41) is 0. The molecule has 0 radical (unpaired) electrons. The van der Waals surface area contributed by atoms with E-state index in [9.17, 15) is 0 Å². The Bertz CT molecular complexity index is 3460. The van der Waals surface area contributed by atoms with E-state index in [2.05, 4.69) is 272 Å². The zero-order valence-corrected chi connectivity index (χ0v) is 38.5. The summed E-state index contributed by atoms with van der Waals surface area (Å²) in [6, 6.07) is 86.5. The van der Waals surface area contributed by atoms with Gasteiger partial charge in [0.25, 0.3) is 0 Å². The quantitative estimate of drug-likeness (QED) is 0.140. The molecule has 4 aliphatic rings. The smallest absolute Gasteiger partial charge is 0.0713 e. The summed E-state index contributed by atoms with van der Waals surface area (Å²) >= 11 is 0. The highest BCUT2D eigenvalue weighted by molar-refractivity contribution is 5.92. The van der Waals surface area contributed by atoms with Crippen molar-refractivity contribution in [1.82, 2.24) is 0 Å². The van der Waals surface area contributed by atoms with E-state index >= 15 is 0 Å². The van der Waals surface area contributed by atoms with Gasteiger partial charge in [-0.05, 0) is 139 Å². The van der Waals surface area contributed by atoms with Crippen LogP contribution in [0.5, 0.6) is 0 Å². The summed E-state index contributed by atoms with van der Waals surface area (Å²) in [5.74, 6) is 0.358. The molecule has 4 aliphatic carbocycles. The number of hydrogen-bond acceptors (Lipinski definition) is 1. The summed E-state index contributed by atoms with van der Waals surface area (Å²) in [7, 11) is 0. The highest BCUT2D eigenvalue weighted by Gasteiger charge is 2.48. The monoisotopic (exact) mass is 881 g/mol. The van der Waals surface area contributed by atoms with Gasteiger partial charge in [0.05, 0.1) is 10.8 Å². The van der Waals surface area contributed by atoms with Crippen LogP contribution in [0.3, 0.4) is 0 Å². The number of fused-ring (bicyclic) bond motifs is 5. The van der Waals surface area contributed by atoms with Crippen LogP contribution in [0.2, 0.25) is 0 Å². The number of nitrogens with zero attached hydrogens (tertiary/aromatic N) is 1. The van der Waals surface area contributed by atoms with Gasteiger partial charge in [0.15, 0.2) is 0 Å². The lowest BCUT2D eigenvalue weighted by atomic mass is 9.65. The number of allylic oxidation sites excluding steroid dienone is 8. The molecule has 0 aromatic heterocycles. The van der Waals surface area contributed by atoms with Crippen molar-refractivity contribution in [3.63, 3.8) is 0 Å². The molecule has 0 amide bonds. The Morgan fingerprint density at radius 3 is 1.57 bits per heavy atom. The van der Waals surface area contributed by atoms with Crippen LogP contribution >= 0.6 is 0 Å². The molecule has 0 heterocycles. The van der Waals surface area contributed by atoms with Gasteiger partial charge in [0, 0.05) is 23.0 Å². The van der Waals surface area contributed by atoms with E-state index < -0.39 is 10.8 Å². The maximum Gasteiger partial charge on any atom is 0.0713 e. The molecule has 1 heteroatoms. The molecule has 328 valence electrons. The van der Waals surface area contributed by atoms with Gasteiger partial charge in [-0.25, -0.2) is 0 Å². The maximum absolute atomic E-state index is 2.47. The summed E-state index contributed by atoms with van der Waals surface area (Å²) in [6.45, 7) is 0. The molecule has 9 aromatic carbocycles. The van der Waals surface area contributed by atoms with Crippen LogP contribution in [-0.4, -0.2) is 0 Å². The Morgan fingerprint density at radius 1 is 0.391 bits per heavy atom. The minimum atomic E-state index is -0.469. The van der Waals surface area contributed by atoms with Gasteiger partial charge in [-0.1, -0.05) is 231 Å². The minimum Gasteiger partial charge on any atom is -0.310 e. The first-order valence-electron chi connectivity index (χ1n) is 24.6. The topological polar surface area (TPSA) is 3.24 Å². The fraction of sp³-hybridized carbons (Fsp3) is 0.0882. The summed E-state index contributed by atoms with van der Waals surface area (Å²) in [6.07, 6.45) is 16.8. The van der Waals surface area contributed by atoms with E-state index in [1.54, 1.807) is 0 Å². The molecule has 0 aliphatic heterocycles. The Labute approximate surface area is 406 Å². The third-order valence-electron chi connectivity index (χ3n) is 15.5. The van der Waals surface area contributed by atoms with E-state index in [1.165, 1.54) is 83.5 Å². The Kier molecular flexibility index (Phi) is 9.98. The van der Waals surface area contributed by atoms with Crippen LogP contribution < -0.4 is 4.90 Å². The summed E-state index contributed by atoms with van der Waals surface area (Å²) in [5.41, 5.74) is 22.2. The average molecular weight is 882 g/mol. The zero-order valence-electron chi connectivity index (χ0n) is 38.5. The van der Waals surface area contributed by atoms with E-state index in [1.807, 2.05) is 0 Å². The Balaban J connectivity index is 0.994. The van der Waals surface area contributed by atoms with Crippen LogP contribution in [0.15, 0.2) is 273 Å². The molecular weight excluding hydrogens is 831 g/mol. The van der Waals surface area contributed by atoms with Crippen LogP contribution in [0.25, 0.3) is 27.8 Å². The lowest BCUT2D eigenvalue weighted by Crippen LogP contribution is -2.30. The fourth-order valence-electron chi connectivity index (χ4n) is 12.6. The molecule has 69 heavy (non-hydrogen) atoms. The van der Waals surface area contributed by atoms with E-state index in [-0.39, 0.29) is 0 Å². The third-order valence-corrected chi connectivity index (χ3v) is 15.5. The van der Waals surface area contributed by atoms with Crippen molar-refractivity contribution in [2.75, 3.05) is 4.90 Å². The molecule has 0 bridgehead atoms. The molecule has 9 aromatic rings. The van der Waals surface area contributed by atoms with Crippen molar-refractivity contribution in [2.24, 2.45) is 0 Å². The molecule has 1 nitrogen and oxygen atoms in total. The third kappa shape index (κ3) is 6.38. The number of hydrogen-bond donors (Lipinski definition) is 0. The van der Waals surface area contributed by atoms with Crippen LogP contribution in [0.4, 0.5) is 17.1 Å². The van der Waals surface area contributed by atoms with E-state index in [0.29, 0.717) is 5.92 Å². The molecule has 2 atom stereocenters. The van der Waals surface area contributed by atoms with E-state index in [0.717, 1.165) is 36.3 Å². The molecule has 0 N–H and O–H groups in total. The van der Waals surface area contributed by atoms with Crippen LogP contribution in [0, 0.1) is 0 Å². The molecule has 2 unspecified atom stereocenters. The van der Waals surface area contributed by atoms with Gasteiger partial charge < -0.3 is 4.90 Å². The first-order chi connectivity index (χ1) is 34.2. The largest absolute Gasteiger partial charge is 0.310 e. The normalized spacial score (nSPS) is 18.1. The van der Waals surface area contributed by atoms with Crippen LogP contribution in [-0.2, 0) is 10.8 Å². The molecular formula is C68H51N. The second kappa shape index (κ2) is 16.8. The predicted molar refractivity (Wildman–Crippen MR) is 288 cm³/mol. The SMILES string of the molecule is C1=CCC(c2ccccc2-c2ccc(N(c3ccc(C4(c5ccccc5)C5=C(C=CCC5)c5ccccc54)cc3)c3ccc4c(c3)-c3ccccc3C4(c3ccccc3)c3ccccc3)cc2)C=C1. The average Bonchev–Trinajstić information content (AvgIpc) is 3.91. The Hall–Kier alpha value is -8.26. The maximum atomic E-state index is 2.47. The zero-order chi connectivity index (χ0) is 45.8. The van der Waals surface area contributed by atoms with Gasteiger partial charge in [-0.2, -0.15) is 0 Å². The highest BCUT2D eigenvalue weighted by atomic mass is 15.1. The molecule has 0 saturated carbocycles. The standard InChI is InChI=1S/C68H51N/c1-5-21-48(22-6-1)57-29-13-14-30-58(57)49-37-41-54(42-38-49)69(55-43-39-53(40-44-55)68(52-27-11-4-12-28-52)63-34-18-15-31-59(63)60-32-16-19-35-64(60)68)56-45-46-66-62(47-56)61-33-17-20-36-65(61)67(66,50-23-7-2-8-24-50)51-25-9-3-10-26-51/h1-18,20-21,23-34,36-48H,19,22,35H2. The van der Waals surface area contributed by atoms with Crippen molar-refractivity contribution in [1.29, 1.82) is 0 Å². The van der Waals surface area contributed by atoms with Crippen molar-refractivity contribution in [3.05, 3.63) is 323 Å². The van der Waals surface area contributed by atoms with Gasteiger partial charge in [0.1, 0.15) is 0 Å². The summed E-state index contributed by atoms with van der Waals surface area (Å²) < 4.78 is 0. The van der Waals surface area contributed by atoms with Gasteiger partial charge in [-0.15, -0.1) is 0 Å². The predicted octanol–water partition coefficient (Wildman–Crippen LogP) is 17.2. The second-order valence-electron chi connectivity index (χ2n) is 18.9. The highest BCUT2D eigenvalue weighted by Crippen LogP contribution is 2.59. The molecule has 13 rings (SSSR count). The van der Waals surface area contributed by atoms with Crippen molar-refractivity contribution in [3.8, 4) is 22.3 Å². The van der Waals surface area contributed by atoms with Crippen molar-refractivity contribution < 1.29 is 0 Å². The fourth-order valence-corrected chi connectivity index (χ4v) is 12.6. The van der Waals surface area contributed by atoms with Gasteiger partial charge >= 0.3 is 0 Å². The van der Waals surface area contributed by atoms with Crippen LogP contribution in [0.1, 0.15) is 75.3 Å². The van der Waals surface area contributed by atoms with Gasteiger partial charge in [-0.3, -0.25) is 0 Å². The number of rotatable bonds is 9. The molecule has 0 fully saturated rings. The lowest BCUT2D eigenvalue weighted by molar-refractivity contribution is 0.696. The van der Waals surface area contributed by atoms with Gasteiger partial charge in [0.2, 0.25) is 0 Å². The number of anilines is 3. The minimum absolute atomic E-state index is 0.358. The molecule has 0 saturated heterocycles. The Morgan fingerprint density at radius 2 is 0.913 bits per heavy atom. The summed E-state index contributed by atoms with van der Waals surface area (Å²) in [4.78, 5) is 2.47. The lowest BCUT2D eigenvalue weighted by Gasteiger charge is -2.37. The molecule has 0 spiro atoms. The first-order valence-corrected chi connectivity index (χ1v) is 24.6. The van der Waals surface area contributed by atoms with Crippen molar-refractivity contribution in [2.45, 2.75) is 36.0 Å².